The number of carbonyl (C=O) groups is 2. The number of hydrogen-bond donors (Lipinski definition) is 2. The van der Waals surface area contributed by atoms with Crippen molar-refractivity contribution in [3.63, 3.8) is 0 Å². The van der Waals surface area contributed by atoms with E-state index in [1.54, 1.807) is 0 Å². The van der Waals surface area contributed by atoms with Gasteiger partial charge in [-0.2, -0.15) is 0 Å². The lowest BCUT2D eigenvalue weighted by molar-refractivity contribution is -0.135. The Morgan fingerprint density at radius 1 is 1.50 bits per heavy atom. The van der Waals surface area contributed by atoms with Crippen molar-refractivity contribution in [1.82, 2.24) is 0 Å². The van der Waals surface area contributed by atoms with Crippen molar-refractivity contribution >= 4 is 11.9 Å². The molecule has 0 fully saturated rings. The van der Waals surface area contributed by atoms with Crippen LogP contribution in [0.2, 0.25) is 0 Å². The van der Waals surface area contributed by atoms with Crippen LogP contribution in [-0.2, 0) is 14.3 Å². The van der Waals surface area contributed by atoms with Gasteiger partial charge in [0, 0.05) is 6.92 Å². The van der Waals surface area contributed by atoms with Gasteiger partial charge in [0.25, 0.3) is 5.97 Å². The van der Waals surface area contributed by atoms with Gasteiger partial charge in [-0.05, 0) is 0 Å². The van der Waals surface area contributed by atoms with E-state index in [1.807, 2.05) is 0 Å². The third kappa shape index (κ3) is 6.48. The van der Waals surface area contributed by atoms with E-state index in [4.69, 9.17) is 15.0 Å². The van der Waals surface area contributed by atoms with Gasteiger partial charge < -0.3 is 14.9 Å². The van der Waals surface area contributed by atoms with E-state index < -0.39 is 11.9 Å². The van der Waals surface area contributed by atoms with Crippen LogP contribution >= 0.6 is 0 Å². The average molecular weight is 146 g/mol. The second-order valence-corrected chi connectivity index (χ2v) is 1.42. The van der Waals surface area contributed by atoms with Crippen LogP contribution in [0.25, 0.3) is 0 Å². The predicted octanol–water partition coefficient (Wildman–Crippen LogP) is 0.0335. The van der Waals surface area contributed by atoms with Crippen molar-refractivity contribution in [2.45, 2.75) is 6.92 Å². The molecule has 5 heteroatoms. The summed E-state index contributed by atoms with van der Waals surface area (Å²) >= 11 is 0. The Labute approximate surface area is 56.5 Å². The number of aliphatic carboxylic acids is 2. The van der Waals surface area contributed by atoms with Crippen molar-refractivity contribution in [3.8, 4) is 0 Å². The maximum Gasteiger partial charge on any atom is 0.375 e. The minimum absolute atomic E-state index is 0.0509. The summed E-state index contributed by atoms with van der Waals surface area (Å²) in [6.07, 6.45) is 1.18. The number of carboxylic acid groups (broad SMARTS) is 2. The van der Waals surface area contributed by atoms with Crippen molar-refractivity contribution in [2.75, 3.05) is 0 Å². The zero-order valence-electron chi connectivity index (χ0n) is 5.20. The van der Waals surface area contributed by atoms with E-state index in [0.29, 0.717) is 0 Å². The monoisotopic (exact) mass is 146 g/mol. The normalized spacial score (nSPS) is 11.5. The molecule has 0 radical (unpaired) electrons. The van der Waals surface area contributed by atoms with Crippen molar-refractivity contribution in [2.24, 2.45) is 0 Å². The molecule has 1 aliphatic heterocycles. The minimum atomic E-state index is -0.991. The van der Waals surface area contributed by atoms with Gasteiger partial charge in [0.05, 0.1) is 0 Å². The average Bonchev–Trinajstić information content (AvgIpc) is 2.38. The largest absolute Gasteiger partial charge is 0.481 e. The molecule has 0 aliphatic carbocycles. The first-order chi connectivity index (χ1) is 4.54. The Morgan fingerprint density at radius 3 is 1.80 bits per heavy atom. The van der Waals surface area contributed by atoms with Gasteiger partial charge in [0.2, 0.25) is 5.76 Å². The molecule has 0 unspecified atom stereocenters. The molecule has 1 aliphatic rings. The molecule has 0 amide bonds. The molecule has 2 N–H and O–H groups in total. The number of ether oxygens (including phenoxy) is 1. The zero-order valence-corrected chi connectivity index (χ0v) is 5.20. The second-order valence-electron chi connectivity index (χ2n) is 1.42. The maximum absolute atomic E-state index is 9.57. The molecule has 0 atom stereocenters. The van der Waals surface area contributed by atoms with Crippen molar-refractivity contribution in [3.05, 3.63) is 12.0 Å². The third-order valence-corrected chi connectivity index (χ3v) is 0.446. The van der Waals surface area contributed by atoms with Crippen LogP contribution in [0.15, 0.2) is 12.0 Å². The Morgan fingerprint density at radius 2 is 1.80 bits per heavy atom. The lowest BCUT2D eigenvalue weighted by Gasteiger charge is -1.69. The van der Waals surface area contributed by atoms with Gasteiger partial charge in [-0.15, -0.1) is 0 Å². The molecular formula is C5H6O5. The summed E-state index contributed by atoms with van der Waals surface area (Å²) in [5.74, 6) is -1.77. The van der Waals surface area contributed by atoms with Gasteiger partial charge >= 0.3 is 5.97 Å². The maximum atomic E-state index is 9.57. The standard InChI is InChI=1S/C3H2O3.C2H4O2/c4-3(5)2-1-6-2;1-2(3)4/h1H,(H,4,5);1H3,(H,3,4). The van der Waals surface area contributed by atoms with Gasteiger partial charge in [-0.25, -0.2) is 4.79 Å². The topological polar surface area (TPSA) is 87.1 Å². The summed E-state index contributed by atoms with van der Waals surface area (Å²) in [6.45, 7) is 1.08. The molecule has 0 saturated heterocycles. The first-order valence-corrected chi connectivity index (χ1v) is 2.33. The molecule has 0 aromatic carbocycles. The minimum Gasteiger partial charge on any atom is -0.481 e. The van der Waals surface area contributed by atoms with Crippen LogP contribution in [0, 0.1) is 0 Å². The third-order valence-electron chi connectivity index (χ3n) is 0.446. The predicted molar refractivity (Wildman–Crippen MR) is 30.1 cm³/mol. The number of carboxylic acids is 2. The Bertz CT molecular complexity index is 176. The summed E-state index contributed by atoms with van der Waals surface area (Å²) in [5.41, 5.74) is 0. The van der Waals surface area contributed by atoms with E-state index >= 15 is 0 Å². The summed E-state index contributed by atoms with van der Waals surface area (Å²) in [4.78, 5) is 18.6. The molecular weight excluding hydrogens is 140 g/mol. The highest BCUT2D eigenvalue weighted by molar-refractivity contribution is 5.86. The summed E-state index contributed by atoms with van der Waals surface area (Å²) in [7, 11) is 0. The molecule has 56 valence electrons. The first kappa shape index (κ1) is 8.48. The zero-order chi connectivity index (χ0) is 8.15. The SMILES string of the molecule is CC(=O)O.O=C(O)C1=CO1. The van der Waals surface area contributed by atoms with E-state index in [1.165, 1.54) is 6.26 Å². The second kappa shape index (κ2) is 3.49. The van der Waals surface area contributed by atoms with Gasteiger partial charge in [0.15, 0.2) is 0 Å². The van der Waals surface area contributed by atoms with Crippen LogP contribution in [0.1, 0.15) is 6.92 Å². The Hall–Kier alpha value is -1.52. The Balaban J connectivity index is 0.000000180. The van der Waals surface area contributed by atoms with E-state index in [2.05, 4.69) is 4.74 Å². The van der Waals surface area contributed by atoms with Crippen molar-refractivity contribution in [1.29, 1.82) is 0 Å². The quantitative estimate of drug-likeness (QED) is 0.545. The van der Waals surface area contributed by atoms with Gasteiger partial charge in [-0.1, -0.05) is 0 Å². The van der Waals surface area contributed by atoms with Crippen LogP contribution in [0.4, 0.5) is 0 Å². The lowest BCUT2D eigenvalue weighted by atomic mass is 10.7. The summed E-state index contributed by atoms with van der Waals surface area (Å²) < 4.78 is 4.16. The molecule has 0 saturated carbocycles. The van der Waals surface area contributed by atoms with Crippen molar-refractivity contribution < 1.29 is 24.5 Å². The van der Waals surface area contributed by atoms with E-state index in [9.17, 15) is 4.79 Å². The molecule has 0 spiro atoms. The highest BCUT2D eigenvalue weighted by Gasteiger charge is 2.17. The fraction of sp³-hybridized carbons (Fsp3) is 0.200. The van der Waals surface area contributed by atoms with Crippen LogP contribution < -0.4 is 0 Å². The molecule has 1 rings (SSSR count). The fourth-order valence-electron chi connectivity index (χ4n) is 0.130. The van der Waals surface area contributed by atoms with Gasteiger partial charge in [-0.3, -0.25) is 4.79 Å². The lowest BCUT2D eigenvalue weighted by Crippen LogP contribution is -1.88. The van der Waals surface area contributed by atoms with Gasteiger partial charge in [0.1, 0.15) is 6.26 Å². The molecule has 0 aromatic heterocycles. The number of rotatable bonds is 1. The molecule has 10 heavy (non-hydrogen) atoms. The molecule has 0 aromatic rings. The first-order valence-electron chi connectivity index (χ1n) is 2.33. The van der Waals surface area contributed by atoms with E-state index in [-0.39, 0.29) is 5.76 Å². The van der Waals surface area contributed by atoms with Crippen LogP contribution in [-0.4, -0.2) is 22.2 Å². The molecule has 5 nitrogen and oxygen atoms in total. The van der Waals surface area contributed by atoms with Crippen LogP contribution in [0.3, 0.4) is 0 Å². The Kier molecular flexibility index (Phi) is 2.96. The highest BCUT2D eigenvalue weighted by atomic mass is 16.6. The summed E-state index contributed by atoms with van der Waals surface area (Å²) in [6, 6.07) is 0. The highest BCUT2D eigenvalue weighted by Crippen LogP contribution is 2.11. The summed E-state index contributed by atoms with van der Waals surface area (Å²) in [5, 5.41) is 15.3. The molecule has 1 heterocycles. The molecule has 0 bridgehead atoms. The number of hydrogen-bond acceptors (Lipinski definition) is 3. The van der Waals surface area contributed by atoms with Crippen LogP contribution in [0.5, 0.6) is 0 Å². The fourth-order valence-corrected chi connectivity index (χ4v) is 0.130. The van der Waals surface area contributed by atoms with E-state index in [0.717, 1.165) is 6.92 Å². The smallest absolute Gasteiger partial charge is 0.375 e.